The van der Waals surface area contributed by atoms with Crippen LogP contribution in [0.5, 0.6) is 0 Å². The fourth-order valence-corrected chi connectivity index (χ4v) is 10.5. The van der Waals surface area contributed by atoms with E-state index in [2.05, 4.69) is 65.3 Å². The average molecular weight is 1170 g/mol. The second-order valence-corrected chi connectivity index (χ2v) is 34.6. The number of carbonyl (C=O) groups excluding carboxylic acids is 7. The predicted octanol–water partition coefficient (Wildman–Crippen LogP) is 2.47. The molecule has 3 aliphatic rings. The van der Waals surface area contributed by atoms with E-state index in [1.165, 1.54) is 53.7 Å². The van der Waals surface area contributed by atoms with Crippen LogP contribution in [0, 0.1) is 0 Å². The average Bonchev–Trinajstić information content (AvgIpc) is 3.68. The Kier molecular flexibility index (Phi) is 25.7. The van der Waals surface area contributed by atoms with Gasteiger partial charge in [0.25, 0.3) is 0 Å². The minimum absolute atomic E-state index is 0.172. The summed E-state index contributed by atoms with van der Waals surface area (Å²) >= 11 is 0. The number of esters is 7. The van der Waals surface area contributed by atoms with Gasteiger partial charge in [-0.2, -0.15) is 26.6 Å². The number of nitrogens with one attached hydrogen (secondary N) is 3. The van der Waals surface area contributed by atoms with E-state index < -0.39 is 137 Å². The Hall–Kier alpha value is -6.15. The largest absolute Gasteiger partial charge is 0.522 e. The lowest BCUT2D eigenvalue weighted by molar-refractivity contribution is -0.197. The molecule has 1 aromatic heterocycles. The zero-order valence-corrected chi connectivity index (χ0v) is 48.7. The predicted molar refractivity (Wildman–Crippen MR) is 267 cm³/mol. The van der Waals surface area contributed by atoms with Crippen LogP contribution in [0.4, 0.5) is 19.1 Å². The summed E-state index contributed by atoms with van der Waals surface area (Å²) in [5, 5.41) is 5.88. The van der Waals surface area contributed by atoms with Gasteiger partial charge in [-0.3, -0.25) is 42.8 Å². The molecular formula is C41H67F3N8O20SSi3. The number of guanidine groups is 1. The van der Waals surface area contributed by atoms with E-state index in [1.54, 1.807) is 6.34 Å². The molecule has 0 bridgehead atoms. The standard InChI is InChI=1S/C17H26N4O8Si.C13H18O9.C7H14N4Si.C4H9F3O3SSi/c1-9(22)26-7-12-13(27-10(2)23)14(28-11(3)24)15(29-12)21-8-18-16(19-17(21)25)20-30(4,5)6;1-6(14)18-5-10-11(19-7(2)15)12(20-8(3)16)13(22-10)21-9(4)17;1-6-8-5-9-7(10-6)11-12(2,3)4;1-12(2,3)10-11(8,9)4(5,6)7/h8,12-15H,7H2,1-6H3,(H,19,20,25);10-13H,5H2,1-4H3;5H,1H2,2-4H3,(H2,8,9,10,11);1-3H3/t12-,13?,14+,15-;10-,11?,12+,13-;;/m11../s1. The molecule has 2 fully saturated rings. The maximum absolute atomic E-state index is 12.6. The Balaban J connectivity index is 0.000000547. The third kappa shape index (κ3) is 26.1. The number of anilines is 1. The molecule has 1 aromatic rings. The van der Waals surface area contributed by atoms with Crippen LogP contribution in [-0.4, -0.2) is 163 Å². The van der Waals surface area contributed by atoms with Crippen LogP contribution >= 0.6 is 0 Å². The normalized spacial score (nSPS) is 22.7. The Morgan fingerprint density at radius 3 is 1.55 bits per heavy atom. The first-order valence-corrected chi connectivity index (χ1v) is 34.3. The van der Waals surface area contributed by atoms with Crippen molar-refractivity contribution in [2.75, 3.05) is 18.2 Å². The highest BCUT2D eigenvalue weighted by atomic mass is 32.2. The van der Waals surface area contributed by atoms with Crippen LogP contribution in [-0.2, 0) is 90.2 Å². The number of carbonyl (C=O) groups is 7. The zero-order chi connectivity index (χ0) is 58.9. The van der Waals surface area contributed by atoms with Crippen LogP contribution in [0.25, 0.3) is 0 Å². The lowest BCUT2D eigenvalue weighted by Crippen LogP contribution is -2.42. The molecule has 0 radical (unpaired) electrons. The smallest absolute Gasteiger partial charge is 0.463 e. The molecule has 0 amide bonds. The van der Waals surface area contributed by atoms with Gasteiger partial charge >= 0.3 is 63.1 Å². The number of halogens is 3. The van der Waals surface area contributed by atoms with Gasteiger partial charge in [0.1, 0.15) is 45.8 Å². The highest BCUT2D eigenvalue weighted by Crippen LogP contribution is 2.34. The number of aliphatic imine (C=N–C) groups is 1. The lowest BCUT2D eigenvalue weighted by Gasteiger charge is -2.24. The van der Waals surface area contributed by atoms with E-state index in [1.807, 2.05) is 19.6 Å². The number of hydrogen-bond donors (Lipinski definition) is 3. The van der Waals surface area contributed by atoms with Gasteiger partial charge in [0.15, 0.2) is 38.7 Å². The van der Waals surface area contributed by atoms with Gasteiger partial charge in [0, 0.05) is 48.5 Å². The minimum Gasteiger partial charge on any atom is -0.463 e. The molecule has 35 heteroatoms. The van der Waals surface area contributed by atoms with E-state index in [9.17, 15) is 59.9 Å². The molecule has 430 valence electrons. The van der Waals surface area contributed by atoms with Crippen molar-refractivity contribution in [1.29, 1.82) is 0 Å². The molecule has 0 aromatic carbocycles. The first-order valence-electron chi connectivity index (χ1n) is 22.5. The van der Waals surface area contributed by atoms with E-state index in [4.69, 9.17) is 42.6 Å². The van der Waals surface area contributed by atoms with E-state index in [-0.39, 0.29) is 19.2 Å². The highest BCUT2D eigenvalue weighted by Gasteiger charge is 2.53. The molecule has 0 spiro atoms. The van der Waals surface area contributed by atoms with Crippen molar-refractivity contribution in [3.05, 3.63) is 29.2 Å². The summed E-state index contributed by atoms with van der Waals surface area (Å²) < 4.78 is 112. The molecule has 2 saturated heterocycles. The summed E-state index contributed by atoms with van der Waals surface area (Å²) in [4.78, 5) is 106. The monoisotopic (exact) mass is 1160 g/mol. The van der Waals surface area contributed by atoms with Crippen molar-refractivity contribution in [2.45, 2.75) is 162 Å². The number of alkyl halides is 3. The Bertz CT molecular complexity index is 2480. The van der Waals surface area contributed by atoms with Crippen molar-refractivity contribution < 1.29 is 102 Å². The van der Waals surface area contributed by atoms with Crippen LogP contribution in [0.15, 0.2) is 33.2 Å². The fraction of sp³-hybridized carbons (Fsp3) is 0.659. The van der Waals surface area contributed by atoms with Crippen molar-refractivity contribution >= 4 is 94.9 Å². The van der Waals surface area contributed by atoms with E-state index >= 15 is 0 Å². The zero-order valence-electron chi connectivity index (χ0n) is 44.8. The van der Waals surface area contributed by atoms with Gasteiger partial charge in [0.2, 0.25) is 26.7 Å². The highest BCUT2D eigenvalue weighted by molar-refractivity contribution is 7.88. The Labute approximate surface area is 439 Å². The molecule has 8 atom stereocenters. The molecule has 2 unspecified atom stereocenters. The van der Waals surface area contributed by atoms with Crippen molar-refractivity contribution in [1.82, 2.24) is 25.2 Å². The van der Waals surface area contributed by atoms with Gasteiger partial charge in [-0.05, 0) is 39.3 Å². The van der Waals surface area contributed by atoms with Gasteiger partial charge < -0.3 is 62.1 Å². The van der Waals surface area contributed by atoms with Crippen molar-refractivity contribution in [3.8, 4) is 0 Å². The van der Waals surface area contributed by atoms with Crippen LogP contribution < -0.4 is 21.3 Å². The Morgan fingerprint density at radius 1 is 0.724 bits per heavy atom. The second kappa shape index (κ2) is 28.8. The SMILES string of the molecule is C=C1N=CNC(=N[Si](C)(C)C)N1.CC(=O)OC[C@H]1O[C@@H](OC(C)=O)[C@@H](OC(C)=O)C1OC(C)=O.CC(=O)OC[C@H]1O[C@@H](n2cnc(N[Si](C)(C)C)nc2=O)[C@@H](OC(C)=O)C1OC(C)=O.C[Si](C)(C)OS(=O)(=O)C(F)(F)F. The third-order valence-electron chi connectivity index (χ3n) is 8.21. The maximum Gasteiger partial charge on any atom is 0.522 e. The molecule has 3 N–H and O–H groups in total. The second-order valence-electron chi connectivity index (χ2n) is 19.1. The summed E-state index contributed by atoms with van der Waals surface area (Å²) in [6, 6.07) is 0. The summed E-state index contributed by atoms with van der Waals surface area (Å²) in [5.74, 6) is -2.90. The summed E-state index contributed by atoms with van der Waals surface area (Å²) in [6.45, 7) is 28.0. The van der Waals surface area contributed by atoms with Gasteiger partial charge in [-0.1, -0.05) is 26.2 Å². The van der Waals surface area contributed by atoms with Gasteiger partial charge in [-0.25, -0.2) is 14.8 Å². The van der Waals surface area contributed by atoms with E-state index in [0.717, 1.165) is 31.3 Å². The number of nitrogens with zero attached hydrogens (tertiary/aromatic N) is 5. The van der Waals surface area contributed by atoms with E-state index in [0.29, 0.717) is 5.82 Å². The number of ether oxygens (including phenoxy) is 9. The summed E-state index contributed by atoms with van der Waals surface area (Å²) in [5.41, 5.74) is -6.02. The van der Waals surface area contributed by atoms with Crippen LogP contribution in [0.3, 0.4) is 0 Å². The summed E-state index contributed by atoms with van der Waals surface area (Å²) in [6.07, 6.45) is -6.04. The Morgan fingerprint density at radius 2 is 1.17 bits per heavy atom. The molecule has 28 nitrogen and oxygen atoms in total. The van der Waals surface area contributed by atoms with Gasteiger partial charge in [-0.15, -0.1) is 0 Å². The van der Waals surface area contributed by atoms with Crippen molar-refractivity contribution in [3.63, 3.8) is 0 Å². The maximum atomic E-state index is 12.6. The molecular weight excluding hydrogens is 1100 g/mol. The van der Waals surface area contributed by atoms with Crippen LogP contribution in [0.1, 0.15) is 54.7 Å². The topological polar surface area (TPSA) is 355 Å². The quantitative estimate of drug-likeness (QED) is 0.0982. The number of hydrogen-bond acceptors (Lipinski definition) is 25. The number of rotatable bonds is 15. The lowest BCUT2D eigenvalue weighted by atomic mass is 10.1. The fourth-order valence-electron chi connectivity index (χ4n) is 5.91. The molecule has 0 aliphatic carbocycles. The third-order valence-corrected chi connectivity index (χ3v) is 13.5. The molecule has 76 heavy (non-hydrogen) atoms. The van der Waals surface area contributed by atoms with Crippen molar-refractivity contribution in [2.24, 2.45) is 9.65 Å². The molecule has 4 rings (SSSR count). The molecule has 4 heterocycles. The van der Waals surface area contributed by atoms with Gasteiger partial charge in [0.05, 0.1) is 6.34 Å². The molecule has 0 saturated carbocycles. The van der Waals surface area contributed by atoms with Crippen LogP contribution in [0.2, 0.25) is 58.9 Å². The molecule has 3 aliphatic heterocycles. The minimum atomic E-state index is -5.39. The first kappa shape index (κ1) is 67.9. The number of aromatic nitrogens is 3. The summed E-state index contributed by atoms with van der Waals surface area (Å²) in [7, 11) is -11.3. The first-order chi connectivity index (χ1) is 34.5.